The third-order valence-electron chi connectivity index (χ3n) is 3.50. The van der Waals surface area contributed by atoms with E-state index in [-0.39, 0.29) is 24.4 Å². The molecule has 138 valence electrons. The van der Waals surface area contributed by atoms with Crippen molar-refractivity contribution in [1.82, 2.24) is 10.6 Å². The summed E-state index contributed by atoms with van der Waals surface area (Å²) in [6.07, 6.45) is 0.0407. The van der Waals surface area contributed by atoms with E-state index in [9.17, 15) is 18.4 Å². The van der Waals surface area contributed by atoms with Crippen LogP contribution in [0.15, 0.2) is 42.5 Å². The summed E-state index contributed by atoms with van der Waals surface area (Å²) in [7, 11) is 0. The highest BCUT2D eigenvalue weighted by atomic mass is 19.1. The second-order valence-corrected chi connectivity index (χ2v) is 5.64. The highest BCUT2D eigenvalue weighted by molar-refractivity contribution is 5.94. The van der Waals surface area contributed by atoms with E-state index >= 15 is 0 Å². The molecule has 2 aromatic rings. The molecule has 2 amide bonds. The molecule has 26 heavy (non-hydrogen) atoms. The number of nitrogens with one attached hydrogen (secondary N) is 2. The van der Waals surface area contributed by atoms with Gasteiger partial charge >= 0.3 is 0 Å². The average molecular weight is 362 g/mol. The summed E-state index contributed by atoms with van der Waals surface area (Å²) in [4.78, 5) is 23.5. The van der Waals surface area contributed by atoms with Gasteiger partial charge < -0.3 is 15.4 Å². The van der Waals surface area contributed by atoms with Crippen LogP contribution in [-0.4, -0.2) is 31.5 Å². The lowest BCUT2D eigenvalue weighted by atomic mass is 10.2. The predicted octanol–water partition coefficient (Wildman–Crippen LogP) is 2.59. The van der Waals surface area contributed by atoms with Crippen LogP contribution in [0.1, 0.15) is 22.3 Å². The van der Waals surface area contributed by atoms with Crippen molar-refractivity contribution in [2.45, 2.75) is 13.3 Å². The summed E-state index contributed by atoms with van der Waals surface area (Å²) >= 11 is 0. The summed E-state index contributed by atoms with van der Waals surface area (Å²) in [6.45, 7) is 2.65. The third kappa shape index (κ3) is 6.16. The monoisotopic (exact) mass is 362 g/mol. The summed E-state index contributed by atoms with van der Waals surface area (Å²) in [5.41, 5.74) is 0.818. The van der Waals surface area contributed by atoms with Crippen LogP contribution in [0.5, 0.6) is 5.75 Å². The van der Waals surface area contributed by atoms with E-state index in [0.717, 1.165) is 23.4 Å². The fraction of sp³-hybridized carbons (Fsp3) is 0.263. The summed E-state index contributed by atoms with van der Waals surface area (Å²) in [5, 5.41) is 5.08. The number of carbonyl (C=O) groups excluding carboxylic acids is 2. The standard InChI is InChI=1S/C19H20F2N2O3/c1-13-3-2-4-15(11-13)26-10-9-22-18(24)7-8-23-19(25)16-6-5-14(20)12-17(16)21/h2-6,11-12H,7-10H2,1H3,(H,22,24)(H,23,25). The van der Waals surface area contributed by atoms with Gasteiger partial charge in [0.1, 0.15) is 24.0 Å². The van der Waals surface area contributed by atoms with Crippen LogP contribution < -0.4 is 15.4 Å². The van der Waals surface area contributed by atoms with Crippen molar-refractivity contribution in [2.75, 3.05) is 19.7 Å². The Morgan fingerprint density at radius 1 is 1.04 bits per heavy atom. The van der Waals surface area contributed by atoms with E-state index in [1.807, 2.05) is 31.2 Å². The molecule has 7 heteroatoms. The summed E-state index contributed by atoms with van der Waals surface area (Å²) in [5.74, 6) is -1.94. The molecule has 0 aliphatic carbocycles. The molecule has 0 radical (unpaired) electrons. The molecular formula is C19H20F2N2O3. The normalized spacial score (nSPS) is 10.3. The summed E-state index contributed by atoms with van der Waals surface area (Å²) < 4.78 is 31.8. The Hall–Kier alpha value is -2.96. The minimum Gasteiger partial charge on any atom is -0.492 e. The van der Waals surface area contributed by atoms with E-state index in [1.54, 1.807) is 0 Å². The van der Waals surface area contributed by atoms with Gasteiger partial charge in [-0.15, -0.1) is 0 Å². The molecule has 0 unspecified atom stereocenters. The van der Waals surface area contributed by atoms with Crippen LogP contribution in [0.25, 0.3) is 0 Å². The molecule has 0 fully saturated rings. The SMILES string of the molecule is Cc1cccc(OCCNC(=O)CCNC(=O)c2ccc(F)cc2F)c1. The first-order valence-electron chi connectivity index (χ1n) is 8.15. The Kier molecular flexibility index (Phi) is 7.08. The topological polar surface area (TPSA) is 67.4 Å². The van der Waals surface area contributed by atoms with Crippen LogP contribution in [-0.2, 0) is 4.79 Å². The van der Waals surface area contributed by atoms with Crippen molar-refractivity contribution in [3.8, 4) is 5.75 Å². The number of rotatable bonds is 8. The molecule has 0 aromatic heterocycles. The highest BCUT2D eigenvalue weighted by Crippen LogP contribution is 2.11. The van der Waals surface area contributed by atoms with Gasteiger partial charge in [-0.05, 0) is 36.8 Å². The van der Waals surface area contributed by atoms with Crippen LogP contribution in [0.2, 0.25) is 0 Å². The van der Waals surface area contributed by atoms with Gasteiger partial charge in [0.15, 0.2) is 0 Å². The van der Waals surface area contributed by atoms with E-state index in [0.29, 0.717) is 19.2 Å². The molecule has 5 nitrogen and oxygen atoms in total. The molecule has 0 heterocycles. The zero-order chi connectivity index (χ0) is 18.9. The number of aryl methyl sites for hydroxylation is 1. The van der Waals surface area contributed by atoms with Crippen LogP contribution in [0, 0.1) is 18.6 Å². The number of hydrogen-bond acceptors (Lipinski definition) is 3. The van der Waals surface area contributed by atoms with Crippen molar-refractivity contribution < 1.29 is 23.1 Å². The Morgan fingerprint density at radius 2 is 1.85 bits per heavy atom. The molecule has 0 spiro atoms. The first-order chi connectivity index (χ1) is 12.5. The zero-order valence-electron chi connectivity index (χ0n) is 14.4. The van der Waals surface area contributed by atoms with Gasteiger partial charge in [0.05, 0.1) is 12.1 Å². The molecule has 2 N–H and O–H groups in total. The van der Waals surface area contributed by atoms with Gasteiger partial charge in [0.25, 0.3) is 5.91 Å². The smallest absolute Gasteiger partial charge is 0.254 e. The molecule has 0 saturated heterocycles. The maximum absolute atomic E-state index is 13.5. The van der Waals surface area contributed by atoms with Crippen LogP contribution in [0.4, 0.5) is 8.78 Å². The largest absolute Gasteiger partial charge is 0.492 e. The number of halogens is 2. The Labute approximate surface area is 150 Å². The molecular weight excluding hydrogens is 342 g/mol. The Balaban J connectivity index is 1.63. The van der Waals surface area contributed by atoms with Crippen molar-refractivity contribution in [1.29, 1.82) is 0 Å². The highest BCUT2D eigenvalue weighted by Gasteiger charge is 2.12. The first-order valence-corrected chi connectivity index (χ1v) is 8.15. The van der Waals surface area contributed by atoms with Crippen molar-refractivity contribution in [2.24, 2.45) is 0 Å². The third-order valence-corrected chi connectivity index (χ3v) is 3.50. The zero-order valence-corrected chi connectivity index (χ0v) is 14.4. The fourth-order valence-electron chi connectivity index (χ4n) is 2.21. The number of amides is 2. The van der Waals surface area contributed by atoms with Crippen molar-refractivity contribution >= 4 is 11.8 Å². The Morgan fingerprint density at radius 3 is 2.58 bits per heavy atom. The quantitative estimate of drug-likeness (QED) is 0.710. The molecule has 2 aromatic carbocycles. The van der Waals surface area contributed by atoms with Gasteiger partial charge in [0.2, 0.25) is 5.91 Å². The lowest BCUT2D eigenvalue weighted by Crippen LogP contribution is -2.33. The van der Waals surface area contributed by atoms with Crippen molar-refractivity contribution in [3.05, 3.63) is 65.2 Å². The number of ether oxygens (including phenoxy) is 1. The maximum atomic E-state index is 13.5. The second kappa shape index (κ2) is 9.50. The van der Waals surface area contributed by atoms with Gasteiger partial charge in [-0.2, -0.15) is 0 Å². The molecule has 0 bridgehead atoms. The van der Waals surface area contributed by atoms with Gasteiger partial charge in [-0.1, -0.05) is 12.1 Å². The minimum atomic E-state index is -0.944. The van der Waals surface area contributed by atoms with E-state index < -0.39 is 17.5 Å². The second-order valence-electron chi connectivity index (χ2n) is 5.64. The lowest BCUT2D eigenvalue weighted by molar-refractivity contribution is -0.121. The maximum Gasteiger partial charge on any atom is 0.254 e. The van der Waals surface area contributed by atoms with E-state index in [1.165, 1.54) is 0 Å². The van der Waals surface area contributed by atoms with Gasteiger partial charge in [-0.3, -0.25) is 9.59 Å². The van der Waals surface area contributed by atoms with Crippen LogP contribution >= 0.6 is 0 Å². The van der Waals surface area contributed by atoms with E-state index in [4.69, 9.17) is 4.74 Å². The number of benzene rings is 2. The van der Waals surface area contributed by atoms with Gasteiger partial charge in [-0.25, -0.2) is 8.78 Å². The number of carbonyl (C=O) groups is 2. The molecule has 2 rings (SSSR count). The van der Waals surface area contributed by atoms with Crippen LogP contribution in [0.3, 0.4) is 0 Å². The molecule has 0 atom stereocenters. The number of hydrogen-bond donors (Lipinski definition) is 2. The van der Waals surface area contributed by atoms with E-state index in [2.05, 4.69) is 10.6 Å². The van der Waals surface area contributed by atoms with Crippen molar-refractivity contribution in [3.63, 3.8) is 0 Å². The average Bonchev–Trinajstić information content (AvgIpc) is 2.58. The first kappa shape index (κ1) is 19.4. The molecule has 0 saturated carbocycles. The fourth-order valence-corrected chi connectivity index (χ4v) is 2.21. The molecule has 0 aliphatic heterocycles. The summed E-state index contributed by atoms with van der Waals surface area (Å²) in [6, 6.07) is 10.3. The predicted molar refractivity (Wildman–Crippen MR) is 93.0 cm³/mol. The lowest BCUT2D eigenvalue weighted by Gasteiger charge is -2.09. The minimum absolute atomic E-state index is 0.0407. The molecule has 0 aliphatic rings. The van der Waals surface area contributed by atoms with Gasteiger partial charge in [0, 0.05) is 19.0 Å². The Bertz CT molecular complexity index is 781.